The number of halogens is 3. The summed E-state index contributed by atoms with van der Waals surface area (Å²) in [5.41, 5.74) is 1.81. The van der Waals surface area contributed by atoms with Crippen LogP contribution in [0, 0.1) is 17.5 Å². The van der Waals surface area contributed by atoms with Gasteiger partial charge in [-0.1, -0.05) is 0 Å². The van der Waals surface area contributed by atoms with Gasteiger partial charge in [0.25, 0.3) is 5.91 Å². The highest BCUT2D eigenvalue weighted by atomic mass is 19.2. The van der Waals surface area contributed by atoms with Crippen LogP contribution in [0.25, 0.3) is 11.3 Å². The first-order valence-corrected chi connectivity index (χ1v) is 7.33. The maximum Gasteiger partial charge on any atom is 0.251 e. The molecule has 0 bridgehead atoms. The van der Waals surface area contributed by atoms with Gasteiger partial charge >= 0.3 is 0 Å². The maximum absolute atomic E-state index is 13.2. The molecular formula is C18H12F3N3O. The lowest BCUT2D eigenvalue weighted by Gasteiger charge is -2.07. The van der Waals surface area contributed by atoms with Gasteiger partial charge in [0, 0.05) is 11.1 Å². The van der Waals surface area contributed by atoms with Crippen molar-refractivity contribution in [2.24, 2.45) is 0 Å². The van der Waals surface area contributed by atoms with Crippen LogP contribution in [-0.4, -0.2) is 15.9 Å². The molecule has 0 saturated carbocycles. The van der Waals surface area contributed by atoms with E-state index in [0.29, 0.717) is 17.0 Å². The van der Waals surface area contributed by atoms with Crippen molar-refractivity contribution in [3.8, 4) is 11.3 Å². The number of rotatable bonds is 4. The van der Waals surface area contributed by atoms with Gasteiger partial charge in [0.2, 0.25) is 0 Å². The lowest BCUT2D eigenvalue weighted by molar-refractivity contribution is 0.0950. The molecule has 0 aliphatic carbocycles. The fourth-order valence-corrected chi connectivity index (χ4v) is 2.18. The molecule has 1 aromatic heterocycles. The van der Waals surface area contributed by atoms with E-state index in [9.17, 15) is 18.0 Å². The average Bonchev–Trinajstić information content (AvgIpc) is 2.63. The number of hydrogen-bond donors (Lipinski definition) is 1. The van der Waals surface area contributed by atoms with Crippen molar-refractivity contribution < 1.29 is 18.0 Å². The molecule has 0 fully saturated rings. The van der Waals surface area contributed by atoms with Crippen LogP contribution in [0.2, 0.25) is 0 Å². The third-order valence-corrected chi connectivity index (χ3v) is 3.48. The Morgan fingerprint density at radius 1 is 0.920 bits per heavy atom. The summed E-state index contributed by atoms with van der Waals surface area (Å²) in [7, 11) is 0. The van der Waals surface area contributed by atoms with Crippen molar-refractivity contribution in [2.45, 2.75) is 6.54 Å². The van der Waals surface area contributed by atoms with Gasteiger partial charge in [-0.2, -0.15) is 0 Å². The summed E-state index contributed by atoms with van der Waals surface area (Å²) in [6.07, 6.45) is 1.33. The van der Waals surface area contributed by atoms with Crippen LogP contribution in [0.15, 0.2) is 54.9 Å². The van der Waals surface area contributed by atoms with E-state index in [-0.39, 0.29) is 17.9 Å². The van der Waals surface area contributed by atoms with Crippen molar-refractivity contribution >= 4 is 5.91 Å². The van der Waals surface area contributed by atoms with E-state index in [4.69, 9.17) is 0 Å². The maximum atomic E-state index is 13.2. The quantitative estimate of drug-likeness (QED) is 0.789. The minimum Gasteiger partial charge on any atom is -0.346 e. The second-order valence-corrected chi connectivity index (χ2v) is 5.21. The Labute approximate surface area is 141 Å². The van der Waals surface area contributed by atoms with Gasteiger partial charge < -0.3 is 5.32 Å². The predicted molar refractivity (Wildman–Crippen MR) is 85.0 cm³/mol. The van der Waals surface area contributed by atoms with Crippen LogP contribution in [0.4, 0.5) is 13.2 Å². The van der Waals surface area contributed by atoms with Crippen molar-refractivity contribution in [2.75, 3.05) is 0 Å². The zero-order chi connectivity index (χ0) is 17.8. The summed E-state index contributed by atoms with van der Waals surface area (Å²) in [5, 5.41) is 2.57. The molecule has 3 aromatic rings. The molecule has 126 valence electrons. The van der Waals surface area contributed by atoms with E-state index in [1.54, 1.807) is 18.2 Å². The van der Waals surface area contributed by atoms with E-state index in [1.807, 2.05) is 0 Å². The molecule has 0 saturated heterocycles. The predicted octanol–water partition coefficient (Wildman–Crippen LogP) is 3.49. The SMILES string of the molecule is O=C(NCc1cc(-c2ccc(F)cc2)ncn1)c1ccc(F)c(F)c1. The van der Waals surface area contributed by atoms with Gasteiger partial charge in [0.1, 0.15) is 12.1 Å². The number of benzene rings is 2. The first kappa shape index (κ1) is 16.6. The molecule has 0 spiro atoms. The van der Waals surface area contributed by atoms with Crippen LogP contribution in [0.3, 0.4) is 0 Å². The molecule has 2 aromatic carbocycles. The summed E-state index contributed by atoms with van der Waals surface area (Å²) in [5.74, 6) is -3.01. The van der Waals surface area contributed by atoms with E-state index < -0.39 is 17.5 Å². The van der Waals surface area contributed by atoms with Gasteiger partial charge in [0.15, 0.2) is 11.6 Å². The van der Waals surface area contributed by atoms with E-state index in [1.165, 1.54) is 24.5 Å². The molecular weight excluding hydrogens is 331 g/mol. The number of carbonyl (C=O) groups is 1. The molecule has 0 radical (unpaired) electrons. The molecule has 1 heterocycles. The van der Waals surface area contributed by atoms with Crippen molar-refractivity contribution in [3.05, 3.63) is 83.6 Å². The molecule has 25 heavy (non-hydrogen) atoms. The monoisotopic (exact) mass is 343 g/mol. The normalized spacial score (nSPS) is 10.5. The molecule has 1 amide bonds. The van der Waals surface area contributed by atoms with Gasteiger partial charge in [-0.05, 0) is 48.5 Å². The molecule has 3 rings (SSSR count). The molecule has 0 unspecified atom stereocenters. The second-order valence-electron chi connectivity index (χ2n) is 5.21. The minimum absolute atomic E-state index is 0.00622. The Morgan fingerprint density at radius 2 is 1.68 bits per heavy atom. The lowest BCUT2D eigenvalue weighted by atomic mass is 10.1. The van der Waals surface area contributed by atoms with Gasteiger partial charge in [-0.25, -0.2) is 23.1 Å². The summed E-state index contributed by atoms with van der Waals surface area (Å²) >= 11 is 0. The highest BCUT2D eigenvalue weighted by molar-refractivity contribution is 5.94. The number of hydrogen-bond acceptors (Lipinski definition) is 3. The Balaban J connectivity index is 1.71. The lowest BCUT2D eigenvalue weighted by Crippen LogP contribution is -2.23. The third kappa shape index (κ3) is 4.00. The van der Waals surface area contributed by atoms with E-state index in [0.717, 1.165) is 12.1 Å². The van der Waals surface area contributed by atoms with Crippen molar-refractivity contribution in [3.63, 3.8) is 0 Å². The molecule has 0 atom stereocenters. The summed E-state index contributed by atoms with van der Waals surface area (Å²) in [4.78, 5) is 20.1. The Bertz CT molecular complexity index is 914. The number of aromatic nitrogens is 2. The number of carbonyl (C=O) groups excluding carboxylic acids is 1. The highest BCUT2D eigenvalue weighted by Crippen LogP contribution is 2.17. The zero-order valence-electron chi connectivity index (χ0n) is 12.8. The highest BCUT2D eigenvalue weighted by Gasteiger charge is 2.10. The summed E-state index contributed by atoms with van der Waals surface area (Å²) < 4.78 is 39.0. The fourth-order valence-electron chi connectivity index (χ4n) is 2.18. The number of nitrogens with one attached hydrogen (secondary N) is 1. The van der Waals surface area contributed by atoms with Crippen molar-refractivity contribution in [1.82, 2.24) is 15.3 Å². The molecule has 0 aliphatic heterocycles. The number of amides is 1. The Kier molecular flexibility index (Phi) is 4.74. The molecule has 7 heteroatoms. The summed E-state index contributed by atoms with van der Waals surface area (Å²) in [6.45, 7) is 0.0779. The molecule has 4 nitrogen and oxygen atoms in total. The molecule has 0 aliphatic rings. The largest absolute Gasteiger partial charge is 0.346 e. The molecule has 1 N–H and O–H groups in total. The third-order valence-electron chi connectivity index (χ3n) is 3.48. The topological polar surface area (TPSA) is 54.9 Å². The number of nitrogens with zero attached hydrogens (tertiary/aromatic N) is 2. The van der Waals surface area contributed by atoms with E-state index >= 15 is 0 Å². The van der Waals surface area contributed by atoms with Crippen LogP contribution in [0.1, 0.15) is 16.1 Å². The van der Waals surface area contributed by atoms with E-state index in [2.05, 4.69) is 15.3 Å². The van der Waals surface area contributed by atoms with Crippen LogP contribution in [-0.2, 0) is 6.54 Å². The summed E-state index contributed by atoms with van der Waals surface area (Å²) in [6, 6.07) is 10.4. The smallest absolute Gasteiger partial charge is 0.251 e. The first-order chi connectivity index (χ1) is 12.0. The van der Waals surface area contributed by atoms with Crippen LogP contribution < -0.4 is 5.32 Å². The Morgan fingerprint density at radius 3 is 2.40 bits per heavy atom. The zero-order valence-corrected chi connectivity index (χ0v) is 12.8. The van der Waals surface area contributed by atoms with Crippen LogP contribution in [0.5, 0.6) is 0 Å². The minimum atomic E-state index is -1.09. The van der Waals surface area contributed by atoms with Gasteiger partial charge in [0.05, 0.1) is 17.9 Å². The Hall–Kier alpha value is -3.22. The fraction of sp³-hybridized carbons (Fsp3) is 0.0556. The first-order valence-electron chi connectivity index (χ1n) is 7.33. The average molecular weight is 343 g/mol. The standard InChI is InChI=1S/C18H12F3N3O/c19-13-4-1-11(2-5-13)17-8-14(23-10-24-17)9-22-18(25)12-3-6-15(20)16(21)7-12/h1-8,10H,9H2,(H,22,25). The van der Waals surface area contributed by atoms with Gasteiger partial charge in [-0.15, -0.1) is 0 Å². The van der Waals surface area contributed by atoms with Gasteiger partial charge in [-0.3, -0.25) is 4.79 Å². The van der Waals surface area contributed by atoms with Crippen molar-refractivity contribution in [1.29, 1.82) is 0 Å². The van der Waals surface area contributed by atoms with Crippen LogP contribution >= 0.6 is 0 Å². The second kappa shape index (κ2) is 7.12.